The predicted octanol–water partition coefficient (Wildman–Crippen LogP) is 3.54. The lowest BCUT2D eigenvalue weighted by atomic mass is 10.0. The topological polar surface area (TPSA) is 70.4 Å². The fourth-order valence-electron chi connectivity index (χ4n) is 4.02. The van der Waals surface area contributed by atoms with E-state index in [1.54, 1.807) is 25.5 Å². The largest absolute Gasteiger partial charge is 0.497 e. The molecule has 0 radical (unpaired) electrons. The van der Waals surface area contributed by atoms with Gasteiger partial charge in [-0.1, -0.05) is 12.1 Å². The number of hydrogen-bond donors (Lipinski definition) is 1. The zero-order valence-electron chi connectivity index (χ0n) is 19.3. The molecule has 4 rings (SSSR count). The van der Waals surface area contributed by atoms with Crippen molar-refractivity contribution in [2.75, 3.05) is 7.11 Å². The van der Waals surface area contributed by atoms with Gasteiger partial charge in [0.15, 0.2) is 11.8 Å². The minimum absolute atomic E-state index is 0.267. The van der Waals surface area contributed by atoms with E-state index in [-0.39, 0.29) is 17.4 Å². The standard InChI is InChI=1S/C25H28FN5O2/c1-25(2,3)31-24(27-28-29-31)23(19-10-12-20(26)13-11-19)30(17-22-9-6-14-33-22)16-18-7-5-8-21(15-18)32-4/h5-15,23H,16-17H2,1-4H3/p+1/t23-/m0/s1. The number of nitrogens with one attached hydrogen (secondary N) is 1. The van der Waals surface area contributed by atoms with Crippen molar-refractivity contribution in [3.05, 3.63) is 95.5 Å². The summed E-state index contributed by atoms with van der Waals surface area (Å²) >= 11 is 0. The van der Waals surface area contributed by atoms with Gasteiger partial charge in [-0.15, -0.1) is 5.10 Å². The number of furan rings is 1. The molecular formula is C25H29FN5O2+. The minimum Gasteiger partial charge on any atom is -0.497 e. The highest BCUT2D eigenvalue weighted by atomic mass is 19.1. The molecule has 1 unspecified atom stereocenters. The van der Waals surface area contributed by atoms with Crippen molar-refractivity contribution in [1.82, 2.24) is 20.2 Å². The number of methoxy groups -OCH3 is 1. The molecule has 0 bridgehead atoms. The second-order valence-corrected chi connectivity index (χ2v) is 9.05. The van der Waals surface area contributed by atoms with E-state index in [0.717, 1.165) is 27.5 Å². The molecule has 0 saturated carbocycles. The van der Waals surface area contributed by atoms with Crippen LogP contribution in [0, 0.1) is 5.82 Å². The second-order valence-electron chi connectivity index (χ2n) is 9.05. The van der Waals surface area contributed by atoms with Crippen molar-refractivity contribution in [3.63, 3.8) is 0 Å². The van der Waals surface area contributed by atoms with Gasteiger partial charge in [0.2, 0.25) is 5.82 Å². The maximum atomic E-state index is 13.8. The summed E-state index contributed by atoms with van der Waals surface area (Å²) < 4.78 is 26.8. The molecule has 172 valence electrons. The van der Waals surface area contributed by atoms with E-state index in [2.05, 4.69) is 42.4 Å². The van der Waals surface area contributed by atoms with Crippen LogP contribution in [0.25, 0.3) is 0 Å². The van der Waals surface area contributed by atoms with Crippen LogP contribution in [-0.4, -0.2) is 27.3 Å². The van der Waals surface area contributed by atoms with Gasteiger partial charge >= 0.3 is 0 Å². The molecule has 0 aliphatic rings. The molecule has 1 N–H and O–H groups in total. The van der Waals surface area contributed by atoms with Crippen LogP contribution >= 0.6 is 0 Å². The van der Waals surface area contributed by atoms with Gasteiger partial charge < -0.3 is 14.1 Å². The maximum Gasteiger partial charge on any atom is 0.214 e. The lowest BCUT2D eigenvalue weighted by molar-refractivity contribution is -0.954. The van der Waals surface area contributed by atoms with Crippen LogP contribution in [-0.2, 0) is 18.6 Å². The number of rotatable bonds is 8. The first-order valence-corrected chi connectivity index (χ1v) is 10.9. The van der Waals surface area contributed by atoms with Crippen LogP contribution in [0.1, 0.15) is 49.5 Å². The zero-order valence-corrected chi connectivity index (χ0v) is 19.3. The molecule has 0 saturated heterocycles. The van der Waals surface area contributed by atoms with E-state index >= 15 is 0 Å². The quantitative estimate of drug-likeness (QED) is 0.445. The Morgan fingerprint density at radius 1 is 1.06 bits per heavy atom. The smallest absolute Gasteiger partial charge is 0.214 e. The number of halogens is 1. The average molecular weight is 451 g/mol. The van der Waals surface area contributed by atoms with E-state index in [1.165, 1.54) is 12.1 Å². The maximum absolute atomic E-state index is 13.8. The number of tetrazole rings is 1. The molecule has 0 fully saturated rings. The minimum atomic E-state index is -0.330. The summed E-state index contributed by atoms with van der Waals surface area (Å²) in [5, 5.41) is 12.7. The molecule has 2 heterocycles. The third-order valence-electron chi connectivity index (χ3n) is 5.55. The fraction of sp³-hybridized carbons (Fsp3) is 0.320. The molecule has 7 nitrogen and oxygen atoms in total. The second kappa shape index (κ2) is 9.54. The monoisotopic (exact) mass is 450 g/mol. The van der Waals surface area contributed by atoms with Gasteiger partial charge in [0, 0.05) is 11.1 Å². The molecule has 0 spiro atoms. The van der Waals surface area contributed by atoms with E-state index in [4.69, 9.17) is 9.15 Å². The highest BCUT2D eigenvalue weighted by Gasteiger charge is 2.35. The van der Waals surface area contributed by atoms with Crippen molar-refractivity contribution in [1.29, 1.82) is 0 Å². The normalized spacial score (nSPS) is 13.6. The van der Waals surface area contributed by atoms with Gasteiger partial charge in [-0.3, -0.25) is 0 Å². The van der Waals surface area contributed by atoms with E-state index < -0.39 is 0 Å². The number of nitrogens with zero attached hydrogens (tertiary/aromatic N) is 4. The molecule has 2 aromatic carbocycles. The van der Waals surface area contributed by atoms with E-state index in [1.807, 2.05) is 35.0 Å². The summed E-state index contributed by atoms with van der Waals surface area (Å²) in [6.07, 6.45) is 1.67. The van der Waals surface area contributed by atoms with Crippen LogP contribution in [0.2, 0.25) is 0 Å². The average Bonchev–Trinajstić information content (AvgIpc) is 3.47. The third-order valence-corrected chi connectivity index (χ3v) is 5.55. The van der Waals surface area contributed by atoms with Crippen LogP contribution in [0.15, 0.2) is 71.3 Å². The van der Waals surface area contributed by atoms with Gasteiger partial charge in [0.05, 0.1) is 18.9 Å². The summed E-state index contributed by atoms with van der Waals surface area (Å²) in [6.45, 7) is 7.41. The molecule has 2 aromatic heterocycles. The number of aromatic nitrogens is 4. The Hall–Kier alpha value is -3.52. The van der Waals surface area contributed by atoms with Crippen molar-refractivity contribution < 1.29 is 18.4 Å². The first-order valence-electron chi connectivity index (χ1n) is 10.9. The summed E-state index contributed by atoms with van der Waals surface area (Å²) in [5.74, 6) is 2.06. The first kappa shape index (κ1) is 22.7. The molecule has 0 aliphatic carbocycles. The highest BCUT2D eigenvalue weighted by molar-refractivity contribution is 5.28. The van der Waals surface area contributed by atoms with Crippen LogP contribution in [0.5, 0.6) is 5.75 Å². The Bertz CT molecular complexity index is 1170. The van der Waals surface area contributed by atoms with Crippen molar-refractivity contribution >= 4 is 0 Å². The molecule has 4 aromatic rings. The van der Waals surface area contributed by atoms with Crippen LogP contribution < -0.4 is 9.64 Å². The first-order chi connectivity index (χ1) is 15.8. The molecule has 33 heavy (non-hydrogen) atoms. The van der Waals surface area contributed by atoms with E-state index in [9.17, 15) is 4.39 Å². The predicted molar refractivity (Wildman–Crippen MR) is 121 cm³/mol. The molecule has 8 heteroatoms. The summed E-state index contributed by atoms with van der Waals surface area (Å²) in [6, 6.07) is 18.1. The summed E-state index contributed by atoms with van der Waals surface area (Å²) in [7, 11) is 1.66. The summed E-state index contributed by atoms with van der Waals surface area (Å²) in [5.41, 5.74) is 1.68. The number of benzene rings is 2. The van der Waals surface area contributed by atoms with Crippen molar-refractivity contribution in [2.24, 2.45) is 0 Å². The lowest BCUT2D eigenvalue weighted by Gasteiger charge is -2.30. The molecule has 2 atom stereocenters. The van der Waals surface area contributed by atoms with Crippen LogP contribution in [0.3, 0.4) is 0 Å². The zero-order chi connectivity index (χ0) is 23.4. The fourth-order valence-corrected chi connectivity index (χ4v) is 4.02. The molecule has 0 aliphatic heterocycles. The molecule has 0 amide bonds. The number of hydrogen-bond acceptors (Lipinski definition) is 5. The Morgan fingerprint density at radius 2 is 1.85 bits per heavy atom. The van der Waals surface area contributed by atoms with E-state index in [0.29, 0.717) is 18.9 Å². The van der Waals surface area contributed by atoms with Crippen LogP contribution in [0.4, 0.5) is 4.39 Å². The Morgan fingerprint density at radius 3 is 2.52 bits per heavy atom. The van der Waals surface area contributed by atoms with Gasteiger partial charge in [0.1, 0.15) is 24.7 Å². The van der Waals surface area contributed by atoms with Gasteiger partial charge in [-0.05, 0) is 79.7 Å². The molecular weight excluding hydrogens is 421 g/mol. The summed E-state index contributed by atoms with van der Waals surface area (Å²) in [4.78, 5) is 1.13. The van der Waals surface area contributed by atoms with Gasteiger partial charge in [-0.25, -0.2) is 9.07 Å². The van der Waals surface area contributed by atoms with Crippen molar-refractivity contribution in [2.45, 2.75) is 45.4 Å². The lowest BCUT2D eigenvalue weighted by Crippen LogP contribution is -3.10. The number of quaternary nitrogens is 1. The highest BCUT2D eigenvalue weighted by Crippen LogP contribution is 2.23. The van der Waals surface area contributed by atoms with Gasteiger partial charge in [-0.2, -0.15) is 0 Å². The van der Waals surface area contributed by atoms with Crippen molar-refractivity contribution in [3.8, 4) is 5.75 Å². The Balaban J connectivity index is 1.83. The van der Waals surface area contributed by atoms with Gasteiger partial charge in [0.25, 0.3) is 0 Å². The number of ether oxygens (including phenoxy) is 1. The third kappa shape index (κ3) is 5.28. The Labute approximate surface area is 192 Å². The Kier molecular flexibility index (Phi) is 6.55. The SMILES string of the molecule is COc1cccc(C[NH+](Cc2ccco2)[C@@H](c2ccc(F)cc2)c2nnnn2C(C)(C)C)c1.